The number of rotatable bonds is 3. The van der Waals surface area contributed by atoms with Crippen molar-refractivity contribution in [2.45, 2.75) is 13.8 Å². The summed E-state index contributed by atoms with van der Waals surface area (Å²) in [6, 6.07) is 6.40. The zero-order chi connectivity index (χ0) is 13.8. The minimum Gasteiger partial charge on any atom is -0.395 e. The quantitative estimate of drug-likeness (QED) is 0.888. The normalized spacial score (nSPS) is 16.4. The number of hydrogen-bond acceptors (Lipinski definition) is 4. The highest BCUT2D eigenvalue weighted by Crippen LogP contribution is 2.25. The zero-order valence-electron chi connectivity index (χ0n) is 11.7. The van der Waals surface area contributed by atoms with Gasteiger partial charge in [0.2, 0.25) is 0 Å². The van der Waals surface area contributed by atoms with Gasteiger partial charge in [0.15, 0.2) is 0 Å². The lowest BCUT2D eigenvalue weighted by atomic mass is 10.0. The van der Waals surface area contributed by atoms with Crippen molar-refractivity contribution >= 4 is 5.69 Å². The van der Waals surface area contributed by atoms with Gasteiger partial charge in [0.25, 0.3) is 0 Å². The highest BCUT2D eigenvalue weighted by Gasteiger charge is 2.19. The number of benzene rings is 1. The molecular weight excluding hydrogens is 238 g/mol. The maximum absolute atomic E-state index is 9.28. The molecule has 0 unspecified atom stereocenters. The van der Waals surface area contributed by atoms with E-state index in [-0.39, 0.29) is 6.61 Å². The highest BCUT2D eigenvalue weighted by molar-refractivity contribution is 5.62. The van der Waals surface area contributed by atoms with Crippen molar-refractivity contribution in [3.63, 3.8) is 0 Å². The molecule has 0 radical (unpaired) electrons. The summed E-state index contributed by atoms with van der Waals surface area (Å²) < 4.78 is 0. The molecule has 1 aromatic carbocycles. The molecule has 1 heterocycles. The van der Waals surface area contributed by atoms with Crippen molar-refractivity contribution < 1.29 is 5.11 Å². The summed E-state index contributed by atoms with van der Waals surface area (Å²) >= 11 is 0. The molecule has 4 heteroatoms. The van der Waals surface area contributed by atoms with Crippen molar-refractivity contribution in [2.75, 3.05) is 44.2 Å². The van der Waals surface area contributed by atoms with E-state index in [1.54, 1.807) is 0 Å². The van der Waals surface area contributed by atoms with Crippen molar-refractivity contribution in [3.8, 4) is 6.07 Å². The van der Waals surface area contributed by atoms with E-state index in [0.29, 0.717) is 0 Å². The van der Waals surface area contributed by atoms with Crippen LogP contribution in [0.1, 0.15) is 16.7 Å². The number of hydrogen-bond donors (Lipinski definition) is 1. The third-order valence-corrected chi connectivity index (χ3v) is 3.86. The molecule has 4 nitrogen and oxygen atoms in total. The summed E-state index contributed by atoms with van der Waals surface area (Å²) in [5.74, 6) is 0. The van der Waals surface area contributed by atoms with Crippen LogP contribution in [0.4, 0.5) is 5.69 Å². The van der Waals surface area contributed by atoms with E-state index >= 15 is 0 Å². The van der Waals surface area contributed by atoms with Crippen molar-refractivity contribution in [1.29, 1.82) is 5.26 Å². The number of nitriles is 1. The first kappa shape index (κ1) is 13.9. The molecule has 1 aliphatic rings. The smallest absolute Gasteiger partial charge is 0.101 e. The molecular formula is C15H21N3O. The Kier molecular flexibility index (Phi) is 4.41. The summed E-state index contributed by atoms with van der Waals surface area (Å²) in [5, 5.41) is 18.2. The molecule has 0 saturated carbocycles. The lowest BCUT2D eigenvalue weighted by molar-refractivity contribution is 0.189. The van der Waals surface area contributed by atoms with E-state index in [9.17, 15) is 5.26 Å². The topological polar surface area (TPSA) is 50.5 Å². The van der Waals surface area contributed by atoms with Crippen LogP contribution >= 0.6 is 0 Å². The second-order valence-corrected chi connectivity index (χ2v) is 5.12. The van der Waals surface area contributed by atoms with Gasteiger partial charge in [0.1, 0.15) is 6.07 Å². The van der Waals surface area contributed by atoms with Crippen LogP contribution in [0.3, 0.4) is 0 Å². The number of aliphatic hydroxyl groups excluding tert-OH is 1. The van der Waals surface area contributed by atoms with Gasteiger partial charge in [-0.15, -0.1) is 0 Å². The first-order valence-electron chi connectivity index (χ1n) is 6.75. The monoisotopic (exact) mass is 259 g/mol. The third-order valence-electron chi connectivity index (χ3n) is 3.86. The molecule has 0 aliphatic carbocycles. The van der Waals surface area contributed by atoms with E-state index in [1.807, 2.05) is 13.0 Å². The molecule has 1 N–H and O–H groups in total. The Bertz CT molecular complexity index is 485. The van der Waals surface area contributed by atoms with Gasteiger partial charge >= 0.3 is 0 Å². The van der Waals surface area contributed by atoms with Crippen LogP contribution < -0.4 is 4.90 Å². The molecule has 0 spiro atoms. The van der Waals surface area contributed by atoms with E-state index in [0.717, 1.165) is 44.0 Å². The van der Waals surface area contributed by atoms with Gasteiger partial charge in [-0.1, -0.05) is 0 Å². The predicted molar refractivity (Wildman–Crippen MR) is 76.4 cm³/mol. The van der Waals surface area contributed by atoms with Gasteiger partial charge in [-0.05, 0) is 37.1 Å². The van der Waals surface area contributed by atoms with Gasteiger partial charge in [0, 0.05) is 32.7 Å². The Hall–Kier alpha value is -1.57. The fraction of sp³-hybridized carbons (Fsp3) is 0.533. The summed E-state index contributed by atoms with van der Waals surface area (Å²) in [7, 11) is 0. The standard InChI is InChI=1S/C15H21N3O/c1-12-9-14(11-16)15(10-13(12)2)18-5-3-17(4-6-18)7-8-19/h9-10,19H,3-8H2,1-2H3. The van der Waals surface area contributed by atoms with Crippen LogP contribution in [-0.2, 0) is 0 Å². The van der Waals surface area contributed by atoms with Gasteiger partial charge in [-0.3, -0.25) is 4.90 Å². The molecule has 2 rings (SSSR count). The average molecular weight is 259 g/mol. The fourth-order valence-corrected chi connectivity index (χ4v) is 2.51. The predicted octanol–water partition coefficient (Wildman–Crippen LogP) is 1.29. The van der Waals surface area contributed by atoms with Gasteiger partial charge in [-0.25, -0.2) is 0 Å². The molecule has 1 aliphatic heterocycles. The lowest BCUT2D eigenvalue weighted by Crippen LogP contribution is -2.47. The maximum Gasteiger partial charge on any atom is 0.101 e. The number of nitrogens with zero attached hydrogens (tertiary/aromatic N) is 3. The van der Waals surface area contributed by atoms with Crippen molar-refractivity contribution in [3.05, 3.63) is 28.8 Å². The van der Waals surface area contributed by atoms with Crippen molar-refractivity contribution in [1.82, 2.24) is 4.90 Å². The molecule has 19 heavy (non-hydrogen) atoms. The molecule has 102 valence electrons. The van der Waals surface area contributed by atoms with Crippen LogP contribution in [0.5, 0.6) is 0 Å². The van der Waals surface area contributed by atoms with Crippen LogP contribution in [0, 0.1) is 25.2 Å². The molecule has 0 atom stereocenters. The second kappa shape index (κ2) is 6.05. The Labute approximate surface area is 114 Å². The summed E-state index contributed by atoms with van der Waals surface area (Å²) in [6.07, 6.45) is 0. The SMILES string of the molecule is Cc1cc(C#N)c(N2CCN(CCO)CC2)cc1C. The zero-order valence-corrected chi connectivity index (χ0v) is 11.7. The minimum absolute atomic E-state index is 0.215. The van der Waals surface area contributed by atoms with E-state index < -0.39 is 0 Å². The maximum atomic E-state index is 9.28. The summed E-state index contributed by atoms with van der Waals surface area (Å²) in [5.41, 5.74) is 4.21. The Morgan fingerprint density at radius 3 is 2.37 bits per heavy atom. The van der Waals surface area contributed by atoms with Gasteiger partial charge in [-0.2, -0.15) is 5.26 Å². The Balaban J connectivity index is 2.15. The molecule has 1 saturated heterocycles. The number of piperazine rings is 1. The highest BCUT2D eigenvalue weighted by atomic mass is 16.3. The van der Waals surface area contributed by atoms with E-state index in [1.165, 1.54) is 11.1 Å². The summed E-state index contributed by atoms with van der Waals surface area (Å²) in [6.45, 7) is 8.80. The molecule has 0 bridgehead atoms. The number of β-amino-alcohol motifs (C(OH)–C–C–N with tert-alkyl or cyclic N) is 1. The Morgan fingerprint density at radius 2 is 1.79 bits per heavy atom. The largest absolute Gasteiger partial charge is 0.395 e. The first-order chi connectivity index (χ1) is 9.15. The third kappa shape index (κ3) is 3.06. The van der Waals surface area contributed by atoms with Crippen LogP contribution in [0.15, 0.2) is 12.1 Å². The number of aliphatic hydroxyl groups is 1. The van der Waals surface area contributed by atoms with Crippen LogP contribution in [-0.4, -0.2) is 49.3 Å². The molecule has 0 aromatic heterocycles. The minimum atomic E-state index is 0.215. The average Bonchev–Trinajstić information content (AvgIpc) is 2.43. The molecule has 0 amide bonds. The van der Waals surface area contributed by atoms with E-state index in [4.69, 9.17) is 5.11 Å². The number of aryl methyl sites for hydroxylation is 2. The van der Waals surface area contributed by atoms with Crippen LogP contribution in [0.25, 0.3) is 0 Å². The van der Waals surface area contributed by atoms with Gasteiger partial charge < -0.3 is 10.0 Å². The summed E-state index contributed by atoms with van der Waals surface area (Å²) in [4.78, 5) is 4.53. The first-order valence-corrected chi connectivity index (χ1v) is 6.75. The fourth-order valence-electron chi connectivity index (χ4n) is 2.51. The van der Waals surface area contributed by atoms with Crippen molar-refractivity contribution in [2.24, 2.45) is 0 Å². The van der Waals surface area contributed by atoms with E-state index in [2.05, 4.69) is 28.9 Å². The molecule has 1 fully saturated rings. The molecule has 1 aromatic rings. The lowest BCUT2D eigenvalue weighted by Gasteiger charge is -2.36. The van der Waals surface area contributed by atoms with Crippen LogP contribution in [0.2, 0.25) is 0 Å². The second-order valence-electron chi connectivity index (χ2n) is 5.12. The Morgan fingerprint density at radius 1 is 1.16 bits per heavy atom. The van der Waals surface area contributed by atoms with Gasteiger partial charge in [0.05, 0.1) is 17.9 Å². The number of anilines is 1.